The van der Waals surface area contributed by atoms with Crippen molar-refractivity contribution >= 4 is 5.97 Å². The lowest BCUT2D eigenvalue weighted by atomic mass is 9.84. The number of rotatable bonds is 11. The molecule has 5 heteroatoms. The summed E-state index contributed by atoms with van der Waals surface area (Å²) in [6.07, 6.45) is 6.91. The highest BCUT2D eigenvalue weighted by molar-refractivity contribution is 5.71. The van der Waals surface area contributed by atoms with Gasteiger partial charge < -0.3 is 14.6 Å². The van der Waals surface area contributed by atoms with Crippen molar-refractivity contribution in [3.05, 3.63) is 83.2 Å². The van der Waals surface area contributed by atoms with Gasteiger partial charge in [-0.2, -0.15) is 0 Å². The highest BCUT2D eigenvalue weighted by Gasteiger charge is 2.29. The van der Waals surface area contributed by atoms with Crippen molar-refractivity contribution in [2.75, 3.05) is 7.11 Å². The highest BCUT2D eigenvalue weighted by atomic mass is 19.1. The van der Waals surface area contributed by atoms with Crippen LogP contribution in [0.5, 0.6) is 11.5 Å². The quantitative estimate of drug-likeness (QED) is 0.278. The first-order valence-electron chi connectivity index (χ1n) is 13.8. The van der Waals surface area contributed by atoms with Gasteiger partial charge in [-0.05, 0) is 89.1 Å². The van der Waals surface area contributed by atoms with E-state index in [4.69, 9.17) is 9.47 Å². The van der Waals surface area contributed by atoms with E-state index >= 15 is 0 Å². The Morgan fingerprint density at radius 1 is 1.00 bits per heavy atom. The van der Waals surface area contributed by atoms with Crippen molar-refractivity contribution in [2.45, 2.75) is 70.3 Å². The van der Waals surface area contributed by atoms with Crippen LogP contribution in [-0.2, 0) is 11.4 Å². The summed E-state index contributed by atoms with van der Waals surface area (Å²) in [4.78, 5) is 11.5. The van der Waals surface area contributed by atoms with Gasteiger partial charge in [-0.1, -0.05) is 62.9 Å². The minimum Gasteiger partial charge on any atom is -0.497 e. The number of ether oxygens (including phenoxy) is 2. The molecule has 3 atom stereocenters. The molecule has 200 valence electrons. The van der Waals surface area contributed by atoms with Crippen LogP contribution in [0.25, 0.3) is 11.1 Å². The lowest BCUT2D eigenvalue weighted by Crippen LogP contribution is -2.08. The molecule has 2 aliphatic rings. The number of hydrogen-bond acceptors (Lipinski definition) is 3. The number of carbonyl (C=O) groups is 1. The van der Waals surface area contributed by atoms with Gasteiger partial charge in [-0.3, -0.25) is 4.79 Å². The largest absolute Gasteiger partial charge is 0.497 e. The van der Waals surface area contributed by atoms with Gasteiger partial charge >= 0.3 is 5.97 Å². The summed E-state index contributed by atoms with van der Waals surface area (Å²) < 4.78 is 26.6. The van der Waals surface area contributed by atoms with Crippen LogP contribution in [0.1, 0.15) is 80.4 Å². The first-order valence-corrected chi connectivity index (χ1v) is 13.8. The predicted octanol–water partition coefficient (Wildman–Crippen LogP) is 8.34. The number of carboxylic acids is 1. The monoisotopic (exact) mass is 516 g/mol. The van der Waals surface area contributed by atoms with Crippen LogP contribution in [0.3, 0.4) is 0 Å². The maximum atomic E-state index is 15.0. The topological polar surface area (TPSA) is 55.8 Å². The minimum atomic E-state index is -0.761. The third-order valence-electron chi connectivity index (χ3n) is 8.31. The Balaban J connectivity index is 1.39. The van der Waals surface area contributed by atoms with Gasteiger partial charge in [0.25, 0.3) is 0 Å². The second kappa shape index (κ2) is 11.6. The Hall–Kier alpha value is -3.34. The molecule has 2 fully saturated rings. The van der Waals surface area contributed by atoms with Crippen LogP contribution in [0.15, 0.2) is 60.7 Å². The molecule has 0 aliphatic heterocycles. The Morgan fingerprint density at radius 2 is 1.84 bits per heavy atom. The van der Waals surface area contributed by atoms with Crippen LogP contribution < -0.4 is 9.47 Å². The molecular formula is C33H37FO4. The van der Waals surface area contributed by atoms with Gasteiger partial charge in [0.2, 0.25) is 0 Å². The third kappa shape index (κ3) is 6.20. The summed E-state index contributed by atoms with van der Waals surface area (Å²) >= 11 is 0. The molecule has 1 N–H and O–H groups in total. The number of hydrogen-bond donors (Lipinski definition) is 1. The van der Waals surface area contributed by atoms with E-state index < -0.39 is 5.97 Å². The highest BCUT2D eigenvalue weighted by Crippen LogP contribution is 2.44. The summed E-state index contributed by atoms with van der Waals surface area (Å²) in [6, 6.07) is 19.0. The molecule has 0 heterocycles. The Labute approximate surface area is 224 Å². The first-order chi connectivity index (χ1) is 18.4. The number of benzene rings is 3. The normalized spacial score (nSPS) is 19.8. The average Bonchev–Trinajstić information content (AvgIpc) is 3.64. The summed E-state index contributed by atoms with van der Waals surface area (Å²) in [5.74, 6) is 1.94. The van der Waals surface area contributed by atoms with Crippen LogP contribution in [-0.4, -0.2) is 18.2 Å². The van der Waals surface area contributed by atoms with Gasteiger partial charge in [0.1, 0.15) is 23.9 Å². The molecule has 3 aromatic carbocycles. The van der Waals surface area contributed by atoms with Crippen molar-refractivity contribution in [3.63, 3.8) is 0 Å². The molecule has 2 aliphatic carbocycles. The molecule has 0 radical (unpaired) electrons. The van der Waals surface area contributed by atoms with E-state index in [1.54, 1.807) is 19.2 Å². The van der Waals surface area contributed by atoms with Crippen LogP contribution in [0.2, 0.25) is 0 Å². The molecule has 0 saturated heterocycles. The van der Waals surface area contributed by atoms with E-state index in [9.17, 15) is 14.3 Å². The van der Waals surface area contributed by atoms with Gasteiger partial charge in [0.05, 0.1) is 13.5 Å². The Morgan fingerprint density at radius 3 is 2.55 bits per heavy atom. The fraction of sp³-hybridized carbons (Fsp3) is 0.424. The average molecular weight is 517 g/mol. The standard InChI is InChI=1S/C33H37FO4/c1-21-5-3-8-28(21)30-16-23(11-13-29(30)31-19-26(37-2)12-14-32(31)34)20-38-27-7-4-6-24(17-27)25(18-33(35)36)15-22-9-10-22/h4,6-7,11-14,16-17,19,21-22,25,28H,3,5,8-10,15,18,20H2,1-2H3,(H,35,36)/t21-,25+,28-/m0/s1. The smallest absolute Gasteiger partial charge is 0.303 e. The van der Waals surface area contributed by atoms with E-state index in [1.165, 1.54) is 37.3 Å². The lowest BCUT2D eigenvalue weighted by Gasteiger charge is -2.22. The summed E-state index contributed by atoms with van der Waals surface area (Å²) in [6.45, 7) is 2.68. The number of methoxy groups -OCH3 is 1. The van der Waals surface area contributed by atoms with Gasteiger partial charge in [0.15, 0.2) is 0 Å². The zero-order valence-electron chi connectivity index (χ0n) is 22.3. The van der Waals surface area contributed by atoms with Crippen molar-refractivity contribution < 1.29 is 23.8 Å². The van der Waals surface area contributed by atoms with Crippen LogP contribution >= 0.6 is 0 Å². The third-order valence-corrected chi connectivity index (χ3v) is 8.31. The molecule has 4 nitrogen and oxygen atoms in total. The van der Waals surface area contributed by atoms with E-state index in [0.717, 1.165) is 35.3 Å². The second-order valence-electron chi connectivity index (χ2n) is 11.1. The van der Waals surface area contributed by atoms with Gasteiger partial charge in [-0.15, -0.1) is 0 Å². The molecule has 2 saturated carbocycles. The molecule has 0 aromatic heterocycles. The zero-order valence-corrected chi connectivity index (χ0v) is 22.3. The van der Waals surface area contributed by atoms with E-state index in [-0.39, 0.29) is 18.2 Å². The van der Waals surface area contributed by atoms with Gasteiger partial charge in [-0.25, -0.2) is 4.39 Å². The molecule has 0 amide bonds. The van der Waals surface area contributed by atoms with Crippen molar-refractivity contribution in [1.82, 2.24) is 0 Å². The molecule has 0 bridgehead atoms. The Kier molecular flexibility index (Phi) is 8.01. The maximum Gasteiger partial charge on any atom is 0.303 e. The first kappa shape index (κ1) is 26.3. The summed E-state index contributed by atoms with van der Waals surface area (Å²) in [7, 11) is 1.60. The van der Waals surface area contributed by atoms with E-state index in [0.29, 0.717) is 35.7 Å². The van der Waals surface area contributed by atoms with Crippen molar-refractivity contribution in [1.29, 1.82) is 0 Å². The molecule has 5 rings (SSSR count). The molecule has 0 unspecified atom stereocenters. The van der Waals surface area contributed by atoms with E-state index in [2.05, 4.69) is 13.0 Å². The number of carboxylic acid groups (broad SMARTS) is 1. The number of halogens is 1. The predicted molar refractivity (Wildman–Crippen MR) is 147 cm³/mol. The van der Waals surface area contributed by atoms with E-state index in [1.807, 2.05) is 36.4 Å². The fourth-order valence-electron chi connectivity index (χ4n) is 6.03. The molecule has 38 heavy (non-hydrogen) atoms. The molecule has 3 aromatic rings. The Bertz CT molecular complexity index is 1280. The number of aliphatic carboxylic acids is 1. The molecule has 0 spiro atoms. The minimum absolute atomic E-state index is 0.0102. The van der Waals surface area contributed by atoms with Crippen molar-refractivity contribution in [3.8, 4) is 22.6 Å². The zero-order chi connectivity index (χ0) is 26.6. The van der Waals surface area contributed by atoms with Crippen LogP contribution in [0.4, 0.5) is 4.39 Å². The fourth-order valence-corrected chi connectivity index (χ4v) is 6.03. The molecular weight excluding hydrogens is 479 g/mol. The maximum absolute atomic E-state index is 15.0. The van der Waals surface area contributed by atoms with Crippen molar-refractivity contribution in [2.24, 2.45) is 11.8 Å². The summed E-state index contributed by atoms with van der Waals surface area (Å²) in [5.41, 5.74) is 4.72. The lowest BCUT2D eigenvalue weighted by molar-refractivity contribution is -0.137. The van der Waals surface area contributed by atoms with Crippen LogP contribution in [0, 0.1) is 17.7 Å². The SMILES string of the molecule is COc1ccc(F)c(-c2ccc(COc3cccc([C@@H](CC(=O)O)CC4CC4)c3)cc2[C@H]2CCC[C@@H]2C)c1. The second-order valence-corrected chi connectivity index (χ2v) is 11.1. The summed E-state index contributed by atoms with van der Waals surface area (Å²) in [5, 5.41) is 9.42. The van der Waals surface area contributed by atoms with Gasteiger partial charge in [0, 0.05) is 5.56 Å².